The summed E-state index contributed by atoms with van der Waals surface area (Å²) in [5.41, 5.74) is 9.40. The zero-order chi connectivity index (χ0) is 15.2. The Balaban J connectivity index is 1.83. The van der Waals surface area contributed by atoms with Gasteiger partial charge in [-0.2, -0.15) is 0 Å². The third-order valence-corrected chi connectivity index (χ3v) is 3.49. The highest BCUT2D eigenvalue weighted by atomic mass is 19.1. The van der Waals surface area contributed by atoms with Crippen LogP contribution in [0.2, 0.25) is 0 Å². The van der Waals surface area contributed by atoms with Gasteiger partial charge in [0.05, 0.1) is 11.9 Å². The van der Waals surface area contributed by atoms with Crippen molar-refractivity contribution in [2.24, 2.45) is 5.73 Å². The van der Waals surface area contributed by atoms with E-state index in [0.717, 1.165) is 25.2 Å². The Hall–Kier alpha value is -1.78. The van der Waals surface area contributed by atoms with E-state index in [0.29, 0.717) is 0 Å². The molecule has 0 amide bonds. The molecule has 0 saturated carbocycles. The molecule has 4 heteroatoms. The summed E-state index contributed by atoms with van der Waals surface area (Å²) in [5.74, 6) is -0.331. The molecule has 0 aliphatic carbocycles. The molecule has 0 aliphatic heterocycles. The first-order valence-electron chi connectivity index (χ1n) is 7.15. The van der Waals surface area contributed by atoms with Crippen LogP contribution in [-0.2, 0) is 6.54 Å². The molecule has 0 saturated heterocycles. The molecule has 3 nitrogen and oxygen atoms in total. The standard InChI is InChI=1S/C17H22FN3/c1-13-4-3-5-14(10-13)12-21(2)9-8-16(19)17-7-6-15(18)11-20-17/h3-7,10-11,16H,8-9,12,19H2,1-2H3. The minimum atomic E-state index is -0.331. The highest BCUT2D eigenvalue weighted by Gasteiger charge is 2.09. The van der Waals surface area contributed by atoms with Crippen LogP contribution in [0.5, 0.6) is 0 Å². The van der Waals surface area contributed by atoms with Crippen molar-refractivity contribution >= 4 is 0 Å². The molecule has 112 valence electrons. The molecule has 0 spiro atoms. The average molecular weight is 287 g/mol. The molecule has 2 N–H and O–H groups in total. The van der Waals surface area contributed by atoms with Crippen LogP contribution in [0.15, 0.2) is 42.6 Å². The van der Waals surface area contributed by atoms with E-state index < -0.39 is 0 Å². The Kier molecular flexibility index (Phi) is 5.42. The topological polar surface area (TPSA) is 42.1 Å². The molecule has 0 aliphatic rings. The molecule has 1 atom stereocenters. The molecule has 1 aromatic carbocycles. The molecule has 0 fully saturated rings. The average Bonchev–Trinajstić information content (AvgIpc) is 2.45. The number of hydrogen-bond acceptors (Lipinski definition) is 3. The first-order chi connectivity index (χ1) is 10.0. The predicted molar refractivity (Wildman–Crippen MR) is 83.3 cm³/mol. The van der Waals surface area contributed by atoms with E-state index in [9.17, 15) is 4.39 Å². The van der Waals surface area contributed by atoms with Crippen molar-refractivity contribution in [1.29, 1.82) is 0 Å². The van der Waals surface area contributed by atoms with Crippen LogP contribution in [-0.4, -0.2) is 23.5 Å². The van der Waals surface area contributed by atoms with Crippen molar-refractivity contribution < 1.29 is 4.39 Å². The number of nitrogens with zero attached hydrogens (tertiary/aromatic N) is 2. The number of pyridine rings is 1. The van der Waals surface area contributed by atoms with Gasteiger partial charge in [-0.15, -0.1) is 0 Å². The zero-order valence-corrected chi connectivity index (χ0v) is 12.6. The van der Waals surface area contributed by atoms with Crippen LogP contribution < -0.4 is 5.73 Å². The lowest BCUT2D eigenvalue weighted by Gasteiger charge is -2.19. The van der Waals surface area contributed by atoms with Gasteiger partial charge < -0.3 is 10.6 Å². The maximum Gasteiger partial charge on any atom is 0.141 e. The fourth-order valence-electron chi connectivity index (χ4n) is 2.32. The summed E-state index contributed by atoms with van der Waals surface area (Å²) >= 11 is 0. The van der Waals surface area contributed by atoms with Crippen LogP contribution >= 0.6 is 0 Å². The number of nitrogens with two attached hydrogens (primary N) is 1. The van der Waals surface area contributed by atoms with Crippen LogP contribution in [0.25, 0.3) is 0 Å². The molecule has 2 aromatic rings. The van der Waals surface area contributed by atoms with Gasteiger partial charge >= 0.3 is 0 Å². The first kappa shape index (κ1) is 15.6. The van der Waals surface area contributed by atoms with Gasteiger partial charge in [-0.25, -0.2) is 4.39 Å². The van der Waals surface area contributed by atoms with Crippen molar-refractivity contribution in [3.8, 4) is 0 Å². The smallest absolute Gasteiger partial charge is 0.141 e. The van der Waals surface area contributed by atoms with E-state index in [1.54, 1.807) is 6.07 Å². The van der Waals surface area contributed by atoms with E-state index in [-0.39, 0.29) is 11.9 Å². The molecular weight excluding hydrogens is 265 g/mol. The molecule has 2 rings (SSSR count). The number of benzene rings is 1. The molecule has 21 heavy (non-hydrogen) atoms. The minimum Gasteiger partial charge on any atom is -0.323 e. The van der Waals surface area contributed by atoms with Crippen molar-refractivity contribution in [3.05, 3.63) is 65.2 Å². The highest BCUT2D eigenvalue weighted by molar-refractivity contribution is 5.22. The summed E-state index contributed by atoms with van der Waals surface area (Å²) in [5, 5.41) is 0. The van der Waals surface area contributed by atoms with Crippen LogP contribution in [0, 0.1) is 12.7 Å². The summed E-state index contributed by atoms with van der Waals surface area (Å²) in [6, 6.07) is 11.4. The fraction of sp³-hybridized carbons (Fsp3) is 0.353. The summed E-state index contributed by atoms with van der Waals surface area (Å²) < 4.78 is 12.8. The van der Waals surface area contributed by atoms with E-state index >= 15 is 0 Å². The van der Waals surface area contributed by atoms with Crippen LogP contribution in [0.3, 0.4) is 0 Å². The van der Waals surface area contributed by atoms with Crippen molar-refractivity contribution in [1.82, 2.24) is 9.88 Å². The van der Waals surface area contributed by atoms with Gasteiger partial charge in [-0.3, -0.25) is 4.98 Å². The molecule has 0 radical (unpaired) electrons. The number of aryl methyl sites for hydroxylation is 1. The maximum absolute atomic E-state index is 12.8. The predicted octanol–water partition coefficient (Wildman–Crippen LogP) is 3.05. The lowest BCUT2D eigenvalue weighted by atomic mass is 10.1. The van der Waals surface area contributed by atoms with Gasteiger partial charge in [0.25, 0.3) is 0 Å². The van der Waals surface area contributed by atoms with Gasteiger partial charge in [0.1, 0.15) is 5.82 Å². The molecule has 0 bridgehead atoms. The number of halogens is 1. The maximum atomic E-state index is 12.8. The number of rotatable bonds is 6. The summed E-state index contributed by atoms with van der Waals surface area (Å²) in [6.45, 7) is 3.86. The van der Waals surface area contributed by atoms with Gasteiger partial charge in [0, 0.05) is 19.1 Å². The van der Waals surface area contributed by atoms with Gasteiger partial charge in [0.2, 0.25) is 0 Å². The van der Waals surface area contributed by atoms with E-state index in [1.807, 2.05) is 0 Å². The third kappa shape index (κ3) is 4.92. The fourth-order valence-corrected chi connectivity index (χ4v) is 2.32. The van der Waals surface area contributed by atoms with Crippen LogP contribution in [0.4, 0.5) is 4.39 Å². The lowest BCUT2D eigenvalue weighted by molar-refractivity contribution is 0.310. The van der Waals surface area contributed by atoms with Gasteiger partial charge in [-0.1, -0.05) is 29.8 Å². The molecular formula is C17H22FN3. The quantitative estimate of drug-likeness (QED) is 0.888. The number of aromatic nitrogens is 1. The molecule has 1 unspecified atom stereocenters. The largest absolute Gasteiger partial charge is 0.323 e. The van der Waals surface area contributed by atoms with Crippen molar-refractivity contribution in [2.75, 3.05) is 13.6 Å². The second-order valence-corrected chi connectivity index (χ2v) is 5.52. The Labute approximate surface area is 125 Å². The molecule has 1 aromatic heterocycles. The van der Waals surface area contributed by atoms with E-state index in [1.165, 1.54) is 23.4 Å². The lowest BCUT2D eigenvalue weighted by Crippen LogP contribution is -2.24. The highest BCUT2D eigenvalue weighted by Crippen LogP contribution is 2.13. The third-order valence-electron chi connectivity index (χ3n) is 3.49. The van der Waals surface area contributed by atoms with E-state index in [4.69, 9.17) is 5.73 Å². The van der Waals surface area contributed by atoms with Crippen molar-refractivity contribution in [3.63, 3.8) is 0 Å². The Morgan fingerprint density at radius 2 is 2.10 bits per heavy atom. The minimum absolute atomic E-state index is 0.162. The van der Waals surface area contributed by atoms with E-state index in [2.05, 4.69) is 48.1 Å². The second kappa shape index (κ2) is 7.29. The first-order valence-corrected chi connectivity index (χ1v) is 7.15. The summed E-state index contributed by atoms with van der Waals surface area (Å²) in [4.78, 5) is 6.27. The van der Waals surface area contributed by atoms with Gasteiger partial charge in [0.15, 0.2) is 0 Å². The SMILES string of the molecule is Cc1cccc(CN(C)CCC(N)c2ccc(F)cn2)c1. The Morgan fingerprint density at radius 3 is 2.76 bits per heavy atom. The van der Waals surface area contributed by atoms with Gasteiger partial charge in [-0.05, 0) is 38.1 Å². The van der Waals surface area contributed by atoms with Crippen LogP contribution in [0.1, 0.15) is 29.3 Å². The monoisotopic (exact) mass is 287 g/mol. The Bertz CT molecular complexity index is 569. The summed E-state index contributed by atoms with van der Waals surface area (Å²) in [6.07, 6.45) is 2.01. The van der Waals surface area contributed by atoms with Crippen molar-refractivity contribution in [2.45, 2.75) is 25.9 Å². The summed E-state index contributed by atoms with van der Waals surface area (Å²) in [7, 11) is 2.08. The zero-order valence-electron chi connectivity index (χ0n) is 12.6. The number of hydrogen-bond donors (Lipinski definition) is 1. The second-order valence-electron chi connectivity index (χ2n) is 5.52. The normalized spacial score (nSPS) is 12.6. The Morgan fingerprint density at radius 1 is 1.29 bits per heavy atom. The molecule has 1 heterocycles.